The van der Waals surface area contributed by atoms with Gasteiger partial charge in [0.1, 0.15) is 11.3 Å². The number of pyridine rings is 1. The van der Waals surface area contributed by atoms with E-state index in [2.05, 4.69) is 35.4 Å². The minimum Gasteiger partial charge on any atom is -0.310 e. The summed E-state index contributed by atoms with van der Waals surface area (Å²) in [4.78, 5) is 11.1. The SMILES string of the molecule is CC(Cl)c1nc2cc(Br)cnc2n1CCN(C)C. The Morgan fingerprint density at radius 3 is 2.83 bits per heavy atom. The number of imidazole rings is 1. The molecule has 2 heterocycles. The van der Waals surface area contributed by atoms with Crippen molar-refractivity contribution in [3.8, 4) is 0 Å². The van der Waals surface area contributed by atoms with E-state index in [1.807, 2.05) is 27.1 Å². The summed E-state index contributed by atoms with van der Waals surface area (Å²) in [6, 6.07) is 1.97. The van der Waals surface area contributed by atoms with E-state index in [1.54, 1.807) is 6.20 Å². The van der Waals surface area contributed by atoms with Crippen LogP contribution in [-0.4, -0.2) is 40.1 Å². The second-order valence-corrected chi connectivity index (χ2v) is 6.11. The molecule has 0 aliphatic rings. The second kappa shape index (κ2) is 5.55. The van der Waals surface area contributed by atoms with Gasteiger partial charge in [-0.15, -0.1) is 11.6 Å². The van der Waals surface area contributed by atoms with E-state index in [9.17, 15) is 0 Å². The summed E-state index contributed by atoms with van der Waals surface area (Å²) in [6.07, 6.45) is 1.79. The topological polar surface area (TPSA) is 34.0 Å². The Balaban J connectivity index is 2.48. The van der Waals surface area contributed by atoms with E-state index in [1.165, 1.54) is 0 Å². The van der Waals surface area contributed by atoms with Gasteiger partial charge in [0.25, 0.3) is 0 Å². The maximum absolute atomic E-state index is 6.20. The van der Waals surface area contributed by atoms with Crippen molar-refractivity contribution in [3.05, 3.63) is 22.6 Å². The summed E-state index contributed by atoms with van der Waals surface area (Å²) in [6.45, 7) is 3.70. The van der Waals surface area contributed by atoms with Crippen molar-refractivity contribution < 1.29 is 0 Å². The van der Waals surface area contributed by atoms with Gasteiger partial charge in [0, 0.05) is 23.8 Å². The van der Waals surface area contributed by atoms with Gasteiger partial charge in [-0.2, -0.15) is 0 Å². The van der Waals surface area contributed by atoms with Crippen LogP contribution in [0.25, 0.3) is 11.2 Å². The fourth-order valence-corrected chi connectivity index (χ4v) is 2.31. The zero-order valence-electron chi connectivity index (χ0n) is 10.7. The zero-order valence-corrected chi connectivity index (χ0v) is 13.0. The molecule has 0 spiro atoms. The van der Waals surface area contributed by atoms with Crippen LogP contribution in [-0.2, 0) is 6.54 Å². The summed E-state index contributed by atoms with van der Waals surface area (Å²) in [5, 5.41) is -0.125. The van der Waals surface area contributed by atoms with Gasteiger partial charge in [-0.1, -0.05) is 0 Å². The Morgan fingerprint density at radius 1 is 1.50 bits per heavy atom. The largest absolute Gasteiger partial charge is 0.310 e. The standard InChI is InChI=1S/C12H16BrClN4/c1-8(14)11-16-10-6-9(13)7-15-12(10)18(11)5-4-17(2)3/h6-8H,4-5H2,1-3H3. The molecule has 2 rings (SSSR count). The van der Waals surface area contributed by atoms with Gasteiger partial charge in [-0.05, 0) is 43.0 Å². The van der Waals surface area contributed by atoms with Crippen molar-refractivity contribution in [3.63, 3.8) is 0 Å². The van der Waals surface area contributed by atoms with Gasteiger partial charge in [0.05, 0.1) is 5.38 Å². The van der Waals surface area contributed by atoms with Crippen LogP contribution in [0, 0.1) is 0 Å². The minimum atomic E-state index is -0.125. The van der Waals surface area contributed by atoms with Crippen LogP contribution >= 0.6 is 27.5 Å². The van der Waals surface area contributed by atoms with E-state index < -0.39 is 0 Å². The summed E-state index contributed by atoms with van der Waals surface area (Å²) in [5.74, 6) is 0.874. The maximum atomic E-state index is 6.20. The van der Waals surface area contributed by atoms with Crippen molar-refractivity contribution in [2.45, 2.75) is 18.8 Å². The van der Waals surface area contributed by atoms with Crippen molar-refractivity contribution in [1.82, 2.24) is 19.4 Å². The number of halogens is 2. The van der Waals surface area contributed by atoms with E-state index in [0.717, 1.165) is 34.6 Å². The normalized spacial score (nSPS) is 13.4. The molecule has 4 nitrogen and oxygen atoms in total. The molecule has 0 aliphatic carbocycles. The average molecular weight is 332 g/mol. The van der Waals surface area contributed by atoms with E-state index in [4.69, 9.17) is 11.6 Å². The molecular weight excluding hydrogens is 316 g/mol. The minimum absolute atomic E-state index is 0.125. The highest BCUT2D eigenvalue weighted by Crippen LogP contribution is 2.24. The van der Waals surface area contributed by atoms with Gasteiger partial charge < -0.3 is 9.47 Å². The number of nitrogens with zero attached hydrogens (tertiary/aromatic N) is 4. The molecule has 0 bridgehead atoms. The molecule has 1 atom stereocenters. The van der Waals surface area contributed by atoms with E-state index >= 15 is 0 Å². The van der Waals surface area contributed by atoms with Crippen molar-refractivity contribution >= 4 is 38.7 Å². The van der Waals surface area contributed by atoms with Gasteiger partial charge in [0.2, 0.25) is 0 Å². The first-order valence-corrected chi connectivity index (χ1v) is 7.02. The molecule has 0 radical (unpaired) electrons. The van der Waals surface area contributed by atoms with Gasteiger partial charge >= 0.3 is 0 Å². The van der Waals surface area contributed by atoms with Gasteiger partial charge in [0.15, 0.2) is 5.65 Å². The lowest BCUT2D eigenvalue weighted by Crippen LogP contribution is -2.19. The number of fused-ring (bicyclic) bond motifs is 1. The Morgan fingerprint density at radius 2 is 2.22 bits per heavy atom. The molecule has 1 unspecified atom stereocenters. The molecular formula is C12H16BrClN4. The lowest BCUT2D eigenvalue weighted by atomic mass is 10.4. The molecule has 98 valence electrons. The van der Waals surface area contributed by atoms with Crippen LogP contribution in [0.3, 0.4) is 0 Å². The zero-order chi connectivity index (χ0) is 13.3. The third-order valence-electron chi connectivity index (χ3n) is 2.71. The summed E-state index contributed by atoms with van der Waals surface area (Å²) in [5.41, 5.74) is 1.77. The predicted octanol–water partition coefficient (Wildman–Crippen LogP) is 3.06. The Bertz CT molecular complexity index is 550. The third-order valence-corrected chi connectivity index (χ3v) is 3.34. The maximum Gasteiger partial charge on any atom is 0.160 e. The van der Waals surface area contributed by atoms with Crippen LogP contribution in [0.2, 0.25) is 0 Å². The molecule has 0 aliphatic heterocycles. The highest BCUT2D eigenvalue weighted by molar-refractivity contribution is 9.10. The Hall–Kier alpha value is -0.650. The van der Waals surface area contributed by atoms with Gasteiger partial charge in [-0.25, -0.2) is 9.97 Å². The number of likely N-dealkylation sites (N-methyl/N-ethyl adjacent to an activating group) is 1. The molecule has 0 amide bonds. The fourth-order valence-electron chi connectivity index (χ4n) is 1.83. The Labute approximate surface area is 120 Å². The molecule has 6 heteroatoms. The highest BCUT2D eigenvalue weighted by atomic mass is 79.9. The first-order chi connectivity index (χ1) is 8.49. The lowest BCUT2D eigenvalue weighted by Gasteiger charge is -2.13. The van der Waals surface area contributed by atoms with E-state index in [0.29, 0.717) is 0 Å². The van der Waals surface area contributed by atoms with Gasteiger partial charge in [-0.3, -0.25) is 0 Å². The monoisotopic (exact) mass is 330 g/mol. The number of aromatic nitrogens is 3. The second-order valence-electron chi connectivity index (χ2n) is 4.54. The average Bonchev–Trinajstić information content (AvgIpc) is 2.64. The molecule has 0 N–H and O–H groups in total. The van der Waals surface area contributed by atoms with Crippen molar-refractivity contribution in [2.24, 2.45) is 0 Å². The third kappa shape index (κ3) is 2.84. The predicted molar refractivity (Wildman–Crippen MR) is 78.1 cm³/mol. The molecule has 0 saturated heterocycles. The molecule has 2 aromatic heterocycles. The molecule has 0 aromatic carbocycles. The fraction of sp³-hybridized carbons (Fsp3) is 0.500. The van der Waals surface area contributed by atoms with Crippen LogP contribution in [0.15, 0.2) is 16.7 Å². The first kappa shape index (κ1) is 13.8. The first-order valence-electron chi connectivity index (χ1n) is 5.79. The Kier molecular flexibility index (Phi) is 4.25. The summed E-state index contributed by atoms with van der Waals surface area (Å²) >= 11 is 9.61. The van der Waals surface area contributed by atoms with Crippen LogP contribution in [0.4, 0.5) is 0 Å². The lowest BCUT2D eigenvalue weighted by molar-refractivity contribution is 0.383. The summed E-state index contributed by atoms with van der Waals surface area (Å²) in [7, 11) is 4.10. The molecule has 0 fully saturated rings. The van der Waals surface area contributed by atoms with Crippen molar-refractivity contribution in [1.29, 1.82) is 0 Å². The van der Waals surface area contributed by atoms with Crippen LogP contribution in [0.5, 0.6) is 0 Å². The number of alkyl halides is 1. The van der Waals surface area contributed by atoms with Crippen LogP contribution < -0.4 is 0 Å². The number of hydrogen-bond acceptors (Lipinski definition) is 3. The van der Waals surface area contributed by atoms with Crippen LogP contribution in [0.1, 0.15) is 18.1 Å². The quantitative estimate of drug-likeness (QED) is 0.808. The van der Waals surface area contributed by atoms with Crippen molar-refractivity contribution in [2.75, 3.05) is 20.6 Å². The number of rotatable bonds is 4. The number of hydrogen-bond donors (Lipinski definition) is 0. The molecule has 0 saturated carbocycles. The van der Waals surface area contributed by atoms with E-state index in [-0.39, 0.29) is 5.38 Å². The molecule has 2 aromatic rings. The smallest absolute Gasteiger partial charge is 0.160 e. The highest BCUT2D eigenvalue weighted by Gasteiger charge is 2.16. The molecule has 18 heavy (non-hydrogen) atoms. The summed E-state index contributed by atoms with van der Waals surface area (Å²) < 4.78 is 3.03.